The van der Waals surface area contributed by atoms with Crippen LogP contribution < -0.4 is 0 Å². The van der Waals surface area contributed by atoms with Gasteiger partial charge in [-0.25, -0.2) is 8.77 Å². The lowest BCUT2D eigenvalue weighted by Gasteiger charge is -2.06. The third-order valence-electron chi connectivity index (χ3n) is 0.623. The maximum absolute atomic E-state index is 10.8. The Bertz CT molecular complexity index is 151. The molecule has 0 radical (unpaired) electrons. The quantitative estimate of drug-likeness (QED) is 0.500. The van der Waals surface area contributed by atoms with Crippen molar-refractivity contribution in [2.45, 2.75) is 0 Å². The van der Waals surface area contributed by atoms with Crippen molar-refractivity contribution in [3.05, 3.63) is 0 Å². The lowest BCUT2D eigenvalue weighted by molar-refractivity contribution is 0.294. The Hall–Kier alpha value is 0.590. The van der Waals surface area contributed by atoms with Crippen LogP contribution in [0.1, 0.15) is 0 Å². The molecule has 0 saturated carbocycles. The Morgan fingerprint density at radius 3 is 1.78 bits per heavy atom. The van der Waals surface area contributed by atoms with Gasteiger partial charge in [-0.05, 0) is 0 Å². The second-order valence-corrected chi connectivity index (χ2v) is 6.88. The van der Waals surface area contributed by atoms with Crippen molar-refractivity contribution >= 4 is 27.1 Å². The standard InChI is InChI=1S/C2H6ClO4PS/c1-6-8(4,7-2)9(3)5/h1-2H3. The van der Waals surface area contributed by atoms with Gasteiger partial charge in [-0.2, -0.15) is 0 Å². The van der Waals surface area contributed by atoms with Crippen molar-refractivity contribution in [1.29, 1.82) is 0 Å². The molecule has 0 rings (SSSR count). The molecule has 7 heteroatoms. The van der Waals surface area contributed by atoms with Gasteiger partial charge in [0.1, 0.15) is 0 Å². The smallest absolute Gasteiger partial charge is 0.302 e. The first-order valence-electron chi connectivity index (χ1n) is 1.87. The lowest BCUT2D eigenvalue weighted by atomic mass is 11.8. The van der Waals surface area contributed by atoms with E-state index in [0.717, 1.165) is 14.2 Å². The predicted octanol–water partition coefficient (Wildman–Crippen LogP) is 1.29. The Balaban J connectivity index is 4.30. The molecule has 0 N–H and O–H groups in total. The molecule has 4 nitrogen and oxygen atoms in total. The van der Waals surface area contributed by atoms with Crippen molar-refractivity contribution in [1.82, 2.24) is 0 Å². The monoisotopic (exact) mass is 192 g/mol. The largest absolute Gasteiger partial charge is 0.433 e. The van der Waals surface area contributed by atoms with Gasteiger partial charge in [0.05, 0.1) is 0 Å². The van der Waals surface area contributed by atoms with Crippen molar-refractivity contribution < 1.29 is 17.8 Å². The molecule has 56 valence electrons. The Morgan fingerprint density at radius 2 is 1.78 bits per heavy atom. The van der Waals surface area contributed by atoms with E-state index in [-0.39, 0.29) is 0 Å². The maximum atomic E-state index is 10.8. The van der Waals surface area contributed by atoms with Crippen molar-refractivity contribution in [3.63, 3.8) is 0 Å². The number of hydrogen-bond acceptors (Lipinski definition) is 4. The van der Waals surface area contributed by atoms with Crippen LogP contribution in [0.15, 0.2) is 0 Å². The van der Waals surface area contributed by atoms with E-state index in [1.807, 2.05) is 0 Å². The first kappa shape index (κ1) is 9.59. The fourth-order valence-electron chi connectivity index (χ4n) is 0.192. The summed E-state index contributed by atoms with van der Waals surface area (Å²) in [5, 5.41) is 0. The van der Waals surface area contributed by atoms with Gasteiger partial charge in [0.25, 0.3) is 0 Å². The summed E-state index contributed by atoms with van der Waals surface area (Å²) in [4.78, 5) is 0. The van der Waals surface area contributed by atoms with Crippen LogP contribution in [0.5, 0.6) is 0 Å². The molecular formula is C2H6ClO4PS. The van der Waals surface area contributed by atoms with E-state index in [1.54, 1.807) is 0 Å². The van der Waals surface area contributed by atoms with Gasteiger partial charge in [0.2, 0.25) is 9.63 Å². The molecule has 0 aromatic heterocycles. The molecule has 0 aromatic rings. The Kier molecular flexibility index (Phi) is 3.93. The molecule has 0 aliphatic carbocycles. The van der Waals surface area contributed by atoms with E-state index in [1.165, 1.54) is 0 Å². The van der Waals surface area contributed by atoms with Crippen molar-refractivity contribution in [2.24, 2.45) is 0 Å². The summed E-state index contributed by atoms with van der Waals surface area (Å²) in [6, 6.07) is 0. The fraction of sp³-hybridized carbons (Fsp3) is 1.00. The van der Waals surface area contributed by atoms with Gasteiger partial charge >= 0.3 is 6.80 Å². The third kappa shape index (κ3) is 2.35. The zero-order valence-electron chi connectivity index (χ0n) is 4.87. The van der Waals surface area contributed by atoms with E-state index in [4.69, 9.17) is 10.7 Å². The molecule has 0 aliphatic heterocycles. The van der Waals surface area contributed by atoms with Crippen molar-refractivity contribution in [3.8, 4) is 0 Å². The van der Waals surface area contributed by atoms with Gasteiger partial charge in [0, 0.05) is 24.9 Å². The summed E-state index contributed by atoms with van der Waals surface area (Å²) in [7, 11) is 5.09. The van der Waals surface area contributed by atoms with Crippen LogP contribution in [0.2, 0.25) is 0 Å². The van der Waals surface area contributed by atoms with Crippen LogP contribution in [-0.4, -0.2) is 18.4 Å². The topological polar surface area (TPSA) is 52.6 Å². The number of hydrogen-bond donors (Lipinski definition) is 0. The SMILES string of the molecule is COP(=O)(OC)S(=O)Cl. The Labute approximate surface area is 59.7 Å². The first-order valence-corrected chi connectivity index (χ1v) is 5.99. The van der Waals surface area contributed by atoms with Crippen molar-refractivity contribution in [2.75, 3.05) is 14.2 Å². The molecule has 0 spiro atoms. The highest BCUT2D eigenvalue weighted by Crippen LogP contribution is 2.52. The molecule has 1 unspecified atom stereocenters. The maximum Gasteiger partial charge on any atom is 0.433 e. The molecule has 0 saturated heterocycles. The van der Waals surface area contributed by atoms with Crippen LogP contribution in [0.3, 0.4) is 0 Å². The first-order chi connectivity index (χ1) is 4.06. The highest BCUT2D eigenvalue weighted by Gasteiger charge is 2.28. The zero-order chi connectivity index (χ0) is 7.49. The third-order valence-corrected chi connectivity index (χ3v) is 5.34. The van der Waals surface area contributed by atoms with Gasteiger partial charge in [-0.15, -0.1) is 0 Å². The minimum atomic E-state index is -3.52. The molecule has 0 bridgehead atoms. The normalized spacial score (nSPS) is 15.4. The van der Waals surface area contributed by atoms with Crippen LogP contribution in [0.4, 0.5) is 0 Å². The van der Waals surface area contributed by atoms with Crippen LogP contribution in [-0.2, 0) is 23.2 Å². The van der Waals surface area contributed by atoms with E-state index in [9.17, 15) is 8.77 Å². The fourth-order valence-corrected chi connectivity index (χ4v) is 2.29. The van der Waals surface area contributed by atoms with Gasteiger partial charge in [0.15, 0.2) is 0 Å². The average Bonchev–Trinajstić information content (AvgIpc) is 1.86. The molecular weight excluding hydrogens is 187 g/mol. The van der Waals surface area contributed by atoms with Crippen LogP contribution in [0, 0.1) is 0 Å². The average molecular weight is 193 g/mol. The number of halogens is 1. The Morgan fingerprint density at radius 1 is 1.44 bits per heavy atom. The second kappa shape index (κ2) is 3.68. The number of rotatable bonds is 3. The summed E-state index contributed by atoms with van der Waals surface area (Å²) in [5.41, 5.74) is 0. The van der Waals surface area contributed by atoms with Gasteiger partial charge in [-0.1, -0.05) is 0 Å². The molecule has 0 heterocycles. The molecule has 0 fully saturated rings. The molecule has 0 aliphatic rings. The molecule has 0 aromatic carbocycles. The highest BCUT2D eigenvalue weighted by molar-refractivity contribution is 8.56. The predicted molar refractivity (Wildman–Crippen MR) is 35.6 cm³/mol. The van der Waals surface area contributed by atoms with E-state index in [0.29, 0.717) is 0 Å². The van der Waals surface area contributed by atoms with Gasteiger partial charge in [-0.3, -0.25) is 0 Å². The summed E-state index contributed by atoms with van der Waals surface area (Å²) in [6.45, 7) is -3.52. The lowest BCUT2D eigenvalue weighted by Crippen LogP contribution is -1.89. The second-order valence-electron chi connectivity index (χ2n) is 1.02. The van der Waals surface area contributed by atoms with Crippen LogP contribution >= 0.6 is 17.5 Å². The molecule has 1 atom stereocenters. The van der Waals surface area contributed by atoms with Gasteiger partial charge < -0.3 is 9.05 Å². The van der Waals surface area contributed by atoms with E-state index in [2.05, 4.69) is 9.05 Å². The minimum Gasteiger partial charge on any atom is -0.302 e. The summed E-state index contributed by atoms with van der Waals surface area (Å²) in [6.07, 6.45) is 0. The van der Waals surface area contributed by atoms with E-state index >= 15 is 0 Å². The molecule has 9 heavy (non-hydrogen) atoms. The summed E-state index contributed by atoms with van der Waals surface area (Å²) in [5.74, 6) is 0. The van der Waals surface area contributed by atoms with E-state index < -0.39 is 16.4 Å². The minimum absolute atomic E-state index is 1.12. The highest BCUT2D eigenvalue weighted by atomic mass is 35.7. The summed E-state index contributed by atoms with van der Waals surface area (Å²) < 4.78 is 29.6. The molecule has 0 amide bonds. The summed E-state index contributed by atoms with van der Waals surface area (Å²) >= 11 is 0. The van der Waals surface area contributed by atoms with Crippen LogP contribution in [0.25, 0.3) is 0 Å². The zero-order valence-corrected chi connectivity index (χ0v) is 7.33.